The van der Waals surface area contributed by atoms with Gasteiger partial charge in [-0.05, 0) is 55.0 Å². The number of sulfonamides is 1. The van der Waals surface area contributed by atoms with E-state index in [1.165, 1.54) is 35.4 Å². The molecule has 0 aliphatic rings. The van der Waals surface area contributed by atoms with E-state index in [-0.39, 0.29) is 17.3 Å². The van der Waals surface area contributed by atoms with Gasteiger partial charge in [-0.1, -0.05) is 36.7 Å². The first-order valence-electron chi connectivity index (χ1n) is 10.2. The summed E-state index contributed by atoms with van der Waals surface area (Å²) >= 11 is 5.82. The number of furan rings is 1. The molecular weight excluding hydrogens is 466 g/mol. The van der Waals surface area contributed by atoms with E-state index in [0.29, 0.717) is 22.9 Å². The van der Waals surface area contributed by atoms with Crippen LogP contribution in [-0.4, -0.2) is 32.8 Å². The first kappa shape index (κ1) is 24.5. The number of amides is 2. The topological polar surface area (TPSA) is 109 Å². The van der Waals surface area contributed by atoms with Gasteiger partial charge in [0.1, 0.15) is 11.8 Å². The number of hydrogen-bond donors (Lipinski definition) is 2. The first-order valence-corrected chi connectivity index (χ1v) is 12.1. The molecule has 1 unspecified atom stereocenters. The number of carbonyl (C=O) groups excluding carboxylic acids is 2. The van der Waals surface area contributed by atoms with Crippen LogP contribution in [0.2, 0.25) is 5.02 Å². The SMILES string of the molecule is CCC(C(=O)NCc1ccco1)N(C(=O)CNS(=O)(=O)c1ccc(Cl)cc1)c1ccccc1. The Morgan fingerprint density at radius 2 is 1.73 bits per heavy atom. The number of nitrogens with one attached hydrogen (secondary N) is 2. The van der Waals surface area contributed by atoms with Crippen molar-refractivity contribution in [3.8, 4) is 0 Å². The molecule has 2 amide bonds. The molecule has 33 heavy (non-hydrogen) atoms. The lowest BCUT2D eigenvalue weighted by atomic mass is 10.1. The van der Waals surface area contributed by atoms with E-state index in [9.17, 15) is 18.0 Å². The van der Waals surface area contributed by atoms with E-state index >= 15 is 0 Å². The van der Waals surface area contributed by atoms with E-state index in [0.717, 1.165) is 0 Å². The number of benzene rings is 2. The molecule has 1 atom stereocenters. The summed E-state index contributed by atoms with van der Waals surface area (Å²) in [7, 11) is -3.95. The average Bonchev–Trinajstić information content (AvgIpc) is 3.34. The van der Waals surface area contributed by atoms with E-state index in [4.69, 9.17) is 16.0 Å². The van der Waals surface area contributed by atoms with Crippen LogP contribution in [0.5, 0.6) is 0 Å². The zero-order valence-corrected chi connectivity index (χ0v) is 19.5. The molecule has 10 heteroatoms. The number of para-hydroxylation sites is 1. The number of carbonyl (C=O) groups is 2. The van der Waals surface area contributed by atoms with Gasteiger partial charge in [-0.2, -0.15) is 0 Å². The normalized spacial score (nSPS) is 12.2. The van der Waals surface area contributed by atoms with Crippen LogP contribution in [0.15, 0.2) is 82.3 Å². The minimum atomic E-state index is -3.95. The van der Waals surface area contributed by atoms with Gasteiger partial charge in [0, 0.05) is 10.7 Å². The zero-order valence-electron chi connectivity index (χ0n) is 17.9. The third kappa shape index (κ3) is 6.44. The van der Waals surface area contributed by atoms with Crippen molar-refractivity contribution in [2.45, 2.75) is 30.8 Å². The van der Waals surface area contributed by atoms with Crippen molar-refractivity contribution >= 4 is 39.1 Å². The highest BCUT2D eigenvalue weighted by atomic mass is 35.5. The Morgan fingerprint density at radius 3 is 2.33 bits per heavy atom. The predicted octanol–water partition coefficient (Wildman–Crippen LogP) is 3.34. The first-order chi connectivity index (χ1) is 15.8. The van der Waals surface area contributed by atoms with E-state index in [1.54, 1.807) is 49.4 Å². The maximum atomic E-state index is 13.2. The van der Waals surface area contributed by atoms with Gasteiger partial charge >= 0.3 is 0 Å². The van der Waals surface area contributed by atoms with Gasteiger partial charge in [-0.3, -0.25) is 14.5 Å². The van der Waals surface area contributed by atoms with Crippen LogP contribution in [0.1, 0.15) is 19.1 Å². The molecule has 174 valence electrons. The summed E-state index contributed by atoms with van der Waals surface area (Å²) in [6.07, 6.45) is 1.82. The molecule has 2 aromatic carbocycles. The molecule has 3 rings (SSSR count). The zero-order chi connectivity index (χ0) is 23.8. The number of halogens is 1. The number of hydrogen-bond acceptors (Lipinski definition) is 5. The highest BCUT2D eigenvalue weighted by Crippen LogP contribution is 2.20. The molecule has 0 fully saturated rings. The molecule has 0 bridgehead atoms. The second-order valence-corrected chi connectivity index (χ2v) is 9.30. The highest BCUT2D eigenvalue weighted by molar-refractivity contribution is 7.89. The summed E-state index contributed by atoms with van der Waals surface area (Å²) in [5, 5.41) is 3.16. The second-order valence-electron chi connectivity index (χ2n) is 7.10. The molecular formula is C23H24ClN3O5S. The van der Waals surface area contributed by atoms with Crippen molar-refractivity contribution in [2.24, 2.45) is 0 Å². The van der Waals surface area contributed by atoms with Gasteiger partial charge in [-0.25, -0.2) is 13.1 Å². The summed E-state index contributed by atoms with van der Waals surface area (Å²) in [6, 6.07) is 16.8. The molecule has 1 aromatic heterocycles. The number of nitrogens with zero attached hydrogens (tertiary/aromatic N) is 1. The van der Waals surface area contributed by atoms with Crippen molar-refractivity contribution in [3.63, 3.8) is 0 Å². The third-order valence-corrected chi connectivity index (χ3v) is 6.53. The molecule has 8 nitrogen and oxygen atoms in total. The highest BCUT2D eigenvalue weighted by Gasteiger charge is 2.30. The van der Waals surface area contributed by atoms with Gasteiger partial charge in [0.25, 0.3) is 0 Å². The van der Waals surface area contributed by atoms with Gasteiger partial charge < -0.3 is 9.73 Å². The van der Waals surface area contributed by atoms with Crippen LogP contribution in [0.4, 0.5) is 5.69 Å². The Bertz CT molecular complexity index is 1170. The quantitative estimate of drug-likeness (QED) is 0.454. The van der Waals surface area contributed by atoms with Crippen molar-refractivity contribution in [3.05, 3.63) is 83.8 Å². The molecule has 3 aromatic rings. The molecule has 1 heterocycles. The molecule has 0 spiro atoms. The lowest BCUT2D eigenvalue weighted by Gasteiger charge is -2.30. The second kappa shape index (κ2) is 11.1. The predicted molar refractivity (Wildman–Crippen MR) is 125 cm³/mol. The van der Waals surface area contributed by atoms with Crippen molar-refractivity contribution in [2.75, 3.05) is 11.4 Å². The van der Waals surface area contributed by atoms with Crippen LogP contribution in [-0.2, 0) is 26.2 Å². The fourth-order valence-electron chi connectivity index (χ4n) is 3.22. The molecule has 0 saturated carbocycles. The maximum absolute atomic E-state index is 13.2. The Labute approximate surface area is 197 Å². The van der Waals surface area contributed by atoms with Gasteiger partial charge in [-0.15, -0.1) is 0 Å². The summed E-state index contributed by atoms with van der Waals surface area (Å²) in [4.78, 5) is 27.4. The van der Waals surface area contributed by atoms with Gasteiger partial charge in [0.05, 0.1) is 24.2 Å². The van der Waals surface area contributed by atoms with E-state index in [2.05, 4.69) is 10.0 Å². The van der Waals surface area contributed by atoms with Crippen LogP contribution in [0.25, 0.3) is 0 Å². The smallest absolute Gasteiger partial charge is 0.243 e. The molecule has 2 N–H and O–H groups in total. The lowest BCUT2D eigenvalue weighted by Crippen LogP contribution is -2.52. The summed E-state index contributed by atoms with van der Waals surface area (Å²) in [5.74, 6) is -0.378. The summed E-state index contributed by atoms with van der Waals surface area (Å²) in [5.41, 5.74) is 0.480. The summed E-state index contributed by atoms with van der Waals surface area (Å²) in [6.45, 7) is 1.42. The largest absolute Gasteiger partial charge is 0.467 e. The Morgan fingerprint density at radius 1 is 1.03 bits per heavy atom. The van der Waals surface area contributed by atoms with Crippen LogP contribution < -0.4 is 14.9 Å². The average molecular weight is 490 g/mol. The van der Waals surface area contributed by atoms with E-state index in [1.807, 2.05) is 0 Å². The van der Waals surface area contributed by atoms with Crippen molar-refractivity contribution in [1.29, 1.82) is 0 Å². The number of anilines is 1. The van der Waals surface area contributed by atoms with Crippen molar-refractivity contribution in [1.82, 2.24) is 10.0 Å². The minimum absolute atomic E-state index is 0.0193. The standard InChI is InChI=1S/C23H24ClN3O5S/c1-2-21(23(29)25-15-19-9-6-14-32-19)27(18-7-4-3-5-8-18)22(28)16-26-33(30,31)20-12-10-17(24)11-13-20/h3-14,21,26H,2,15-16H2,1H3,(H,25,29). The monoisotopic (exact) mass is 489 g/mol. The van der Waals surface area contributed by atoms with Gasteiger partial charge in [0.2, 0.25) is 21.8 Å². The van der Waals surface area contributed by atoms with Crippen LogP contribution >= 0.6 is 11.6 Å². The third-order valence-electron chi connectivity index (χ3n) is 4.86. The van der Waals surface area contributed by atoms with Crippen LogP contribution in [0.3, 0.4) is 0 Å². The molecule has 0 saturated heterocycles. The fourth-order valence-corrected chi connectivity index (χ4v) is 4.32. The molecule has 0 radical (unpaired) electrons. The minimum Gasteiger partial charge on any atom is -0.467 e. The molecule has 0 aliphatic carbocycles. The maximum Gasteiger partial charge on any atom is 0.243 e. The van der Waals surface area contributed by atoms with Gasteiger partial charge in [0.15, 0.2) is 0 Å². The Kier molecular flexibility index (Phi) is 8.26. The Balaban J connectivity index is 1.78. The molecule has 0 aliphatic heterocycles. The fraction of sp³-hybridized carbons (Fsp3) is 0.217. The van der Waals surface area contributed by atoms with Crippen LogP contribution in [0, 0.1) is 0 Å². The van der Waals surface area contributed by atoms with Crippen molar-refractivity contribution < 1.29 is 22.4 Å². The lowest BCUT2D eigenvalue weighted by molar-refractivity contribution is -0.126. The van der Waals surface area contributed by atoms with E-state index < -0.39 is 28.5 Å². The summed E-state index contributed by atoms with van der Waals surface area (Å²) < 4.78 is 32.7. The Hall–Kier alpha value is -3.14. The number of rotatable bonds is 10.